The molecule has 2 aromatic carbocycles. The number of hydrogen-bond acceptors (Lipinski definition) is 3. The molecule has 0 spiro atoms. The van der Waals surface area contributed by atoms with Gasteiger partial charge in [0, 0.05) is 5.56 Å². The van der Waals surface area contributed by atoms with Gasteiger partial charge in [-0.15, -0.1) is 0 Å². The summed E-state index contributed by atoms with van der Waals surface area (Å²) in [5.41, 5.74) is 3.96. The first-order valence-corrected chi connectivity index (χ1v) is 7.55. The molecular weight excluding hydrogens is 304 g/mol. The fourth-order valence-corrected chi connectivity index (χ4v) is 2.65. The van der Waals surface area contributed by atoms with Gasteiger partial charge in [-0.3, -0.25) is 0 Å². The molecule has 0 saturated carbocycles. The molecule has 122 valence electrons. The van der Waals surface area contributed by atoms with Crippen molar-refractivity contribution in [1.82, 2.24) is 9.78 Å². The first-order chi connectivity index (χ1) is 11.5. The number of aromatic nitrogens is 2. The van der Waals surface area contributed by atoms with E-state index in [-0.39, 0.29) is 5.56 Å². The lowest BCUT2D eigenvalue weighted by Gasteiger charge is -2.05. The molecule has 3 aromatic rings. The number of aromatic carboxylic acids is 1. The van der Waals surface area contributed by atoms with E-state index in [4.69, 9.17) is 4.74 Å². The minimum Gasteiger partial charge on any atom is -0.497 e. The highest BCUT2D eigenvalue weighted by Gasteiger charge is 2.22. The second kappa shape index (κ2) is 6.20. The smallest absolute Gasteiger partial charge is 0.339 e. The Morgan fingerprint density at radius 3 is 2.21 bits per heavy atom. The first kappa shape index (κ1) is 15.8. The number of carboxylic acid groups (broad SMARTS) is 1. The SMILES string of the molecule is COc1ccc(-n2nc(-c3ccc(C)cc3)c(C(=O)O)c2C)cc1. The summed E-state index contributed by atoms with van der Waals surface area (Å²) in [5.74, 6) is -0.247. The zero-order valence-electron chi connectivity index (χ0n) is 13.8. The Kier molecular flexibility index (Phi) is 4.08. The predicted octanol–water partition coefficient (Wildman–Crippen LogP) is 3.86. The number of rotatable bonds is 4. The van der Waals surface area contributed by atoms with E-state index in [0.29, 0.717) is 11.4 Å². The molecule has 0 atom stereocenters. The fraction of sp³-hybridized carbons (Fsp3) is 0.158. The Morgan fingerprint density at radius 1 is 1.04 bits per heavy atom. The molecule has 0 aliphatic rings. The summed E-state index contributed by atoms with van der Waals surface area (Å²) >= 11 is 0. The van der Waals surface area contributed by atoms with Gasteiger partial charge < -0.3 is 9.84 Å². The average Bonchev–Trinajstić information content (AvgIpc) is 2.93. The van der Waals surface area contributed by atoms with Gasteiger partial charge in [-0.1, -0.05) is 29.8 Å². The minimum atomic E-state index is -0.983. The Labute approximate surface area is 140 Å². The Balaban J connectivity index is 2.16. The molecule has 1 heterocycles. The second-order valence-electron chi connectivity index (χ2n) is 5.59. The lowest BCUT2D eigenvalue weighted by Crippen LogP contribution is -2.02. The van der Waals surface area contributed by atoms with E-state index in [2.05, 4.69) is 5.10 Å². The number of methoxy groups -OCH3 is 1. The lowest BCUT2D eigenvalue weighted by atomic mass is 10.0. The van der Waals surface area contributed by atoms with Crippen LogP contribution in [0.15, 0.2) is 48.5 Å². The third-order valence-electron chi connectivity index (χ3n) is 3.97. The van der Waals surface area contributed by atoms with Crippen LogP contribution < -0.4 is 4.74 Å². The third kappa shape index (κ3) is 2.76. The Hall–Kier alpha value is -3.08. The highest BCUT2D eigenvalue weighted by atomic mass is 16.5. The summed E-state index contributed by atoms with van der Waals surface area (Å²) in [6.07, 6.45) is 0. The maximum Gasteiger partial charge on any atom is 0.339 e. The highest BCUT2D eigenvalue weighted by molar-refractivity contribution is 5.96. The van der Waals surface area contributed by atoms with E-state index in [0.717, 1.165) is 22.6 Å². The van der Waals surface area contributed by atoms with Crippen LogP contribution in [0.2, 0.25) is 0 Å². The monoisotopic (exact) mass is 322 g/mol. The lowest BCUT2D eigenvalue weighted by molar-refractivity contribution is 0.0697. The van der Waals surface area contributed by atoms with E-state index in [1.165, 1.54) is 0 Å². The number of carbonyl (C=O) groups is 1. The van der Waals surface area contributed by atoms with Crippen molar-refractivity contribution in [2.45, 2.75) is 13.8 Å². The van der Waals surface area contributed by atoms with Crippen molar-refractivity contribution in [2.24, 2.45) is 0 Å². The average molecular weight is 322 g/mol. The zero-order valence-corrected chi connectivity index (χ0v) is 13.8. The first-order valence-electron chi connectivity index (χ1n) is 7.55. The standard InChI is InChI=1S/C19H18N2O3/c1-12-4-6-14(7-5-12)18-17(19(22)23)13(2)21(20-18)15-8-10-16(24-3)11-9-15/h4-11H,1-3H3,(H,22,23). The fourth-order valence-electron chi connectivity index (χ4n) is 2.65. The molecule has 24 heavy (non-hydrogen) atoms. The van der Waals surface area contributed by atoms with Crippen molar-refractivity contribution in [2.75, 3.05) is 7.11 Å². The van der Waals surface area contributed by atoms with Crippen molar-refractivity contribution in [3.8, 4) is 22.7 Å². The van der Waals surface area contributed by atoms with Crippen LogP contribution in [0, 0.1) is 13.8 Å². The largest absolute Gasteiger partial charge is 0.497 e. The van der Waals surface area contributed by atoms with E-state index in [1.54, 1.807) is 18.7 Å². The summed E-state index contributed by atoms with van der Waals surface area (Å²) in [6, 6.07) is 15.0. The molecule has 0 unspecified atom stereocenters. The number of benzene rings is 2. The number of aryl methyl sites for hydroxylation is 1. The maximum absolute atomic E-state index is 11.8. The molecule has 0 radical (unpaired) electrons. The third-order valence-corrected chi connectivity index (χ3v) is 3.97. The van der Waals surface area contributed by atoms with Gasteiger partial charge in [0.2, 0.25) is 0 Å². The Morgan fingerprint density at radius 2 is 1.67 bits per heavy atom. The summed E-state index contributed by atoms with van der Waals surface area (Å²) in [5, 5.41) is 14.2. The number of hydrogen-bond donors (Lipinski definition) is 1. The number of ether oxygens (including phenoxy) is 1. The molecule has 0 saturated heterocycles. The van der Waals surface area contributed by atoms with Crippen molar-refractivity contribution < 1.29 is 14.6 Å². The molecule has 0 bridgehead atoms. The van der Waals surface area contributed by atoms with E-state index >= 15 is 0 Å². The van der Waals surface area contributed by atoms with E-state index < -0.39 is 5.97 Å². The van der Waals surface area contributed by atoms with Crippen LogP contribution in [-0.2, 0) is 0 Å². The normalized spacial score (nSPS) is 10.6. The van der Waals surface area contributed by atoms with Crippen LogP contribution in [0.25, 0.3) is 16.9 Å². The van der Waals surface area contributed by atoms with Crippen LogP contribution in [0.4, 0.5) is 0 Å². The molecule has 3 rings (SSSR count). The predicted molar refractivity (Wildman–Crippen MR) is 92.0 cm³/mol. The van der Waals surface area contributed by atoms with Crippen molar-refractivity contribution in [1.29, 1.82) is 0 Å². The minimum absolute atomic E-state index is 0.217. The van der Waals surface area contributed by atoms with Gasteiger partial charge in [0.15, 0.2) is 0 Å². The van der Waals surface area contributed by atoms with Gasteiger partial charge in [-0.2, -0.15) is 5.10 Å². The van der Waals surface area contributed by atoms with Gasteiger partial charge >= 0.3 is 5.97 Å². The quantitative estimate of drug-likeness (QED) is 0.792. The van der Waals surface area contributed by atoms with E-state index in [9.17, 15) is 9.90 Å². The van der Waals surface area contributed by atoms with Gasteiger partial charge in [0.05, 0.1) is 18.5 Å². The van der Waals surface area contributed by atoms with Gasteiger partial charge in [0.25, 0.3) is 0 Å². The van der Waals surface area contributed by atoms with Crippen molar-refractivity contribution in [3.63, 3.8) is 0 Å². The summed E-state index contributed by atoms with van der Waals surface area (Å²) < 4.78 is 6.81. The molecule has 5 nitrogen and oxygen atoms in total. The van der Waals surface area contributed by atoms with Crippen molar-refractivity contribution in [3.05, 3.63) is 65.4 Å². The molecule has 1 N–H and O–H groups in total. The summed E-state index contributed by atoms with van der Waals surface area (Å²) in [7, 11) is 1.60. The zero-order chi connectivity index (χ0) is 17.3. The van der Waals surface area contributed by atoms with E-state index in [1.807, 2.05) is 55.5 Å². The summed E-state index contributed by atoms with van der Waals surface area (Å²) in [4.78, 5) is 11.8. The molecule has 1 aromatic heterocycles. The number of nitrogens with zero attached hydrogens (tertiary/aromatic N) is 2. The van der Waals surface area contributed by atoms with Gasteiger partial charge in [-0.05, 0) is 38.1 Å². The second-order valence-corrected chi connectivity index (χ2v) is 5.59. The molecule has 0 aliphatic heterocycles. The maximum atomic E-state index is 11.8. The molecule has 0 amide bonds. The van der Waals surface area contributed by atoms with Crippen LogP contribution in [-0.4, -0.2) is 28.0 Å². The molecular formula is C19H18N2O3. The summed E-state index contributed by atoms with van der Waals surface area (Å²) in [6.45, 7) is 3.75. The van der Waals surface area contributed by atoms with Crippen LogP contribution in [0.1, 0.15) is 21.6 Å². The van der Waals surface area contributed by atoms with Gasteiger partial charge in [0.1, 0.15) is 17.0 Å². The highest BCUT2D eigenvalue weighted by Crippen LogP contribution is 2.28. The topological polar surface area (TPSA) is 64.4 Å². The van der Waals surface area contributed by atoms with Gasteiger partial charge in [-0.25, -0.2) is 9.48 Å². The number of carboxylic acids is 1. The van der Waals surface area contributed by atoms with Crippen LogP contribution in [0.5, 0.6) is 5.75 Å². The molecule has 5 heteroatoms. The Bertz CT molecular complexity index is 878. The molecule has 0 fully saturated rings. The van der Waals surface area contributed by atoms with Crippen LogP contribution in [0.3, 0.4) is 0 Å². The van der Waals surface area contributed by atoms with Crippen LogP contribution >= 0.6 is 0 Å². The van der Waals surface area contributed by atoms with Crippen molar-refractivity contribution >= 4 is 5.97 Å². The molecule has 0 aliphatic carbocycles.